The molecular weight excluding hydrogens is 965 g/mol. The van der Waals surface area contributed by atoms with Crippen LogP contribution in [0.15, 0.2) is 194 Å². The Bertz CT molecular complexity index is 4520. The highest BCUT2D eigenvalue weighted by Crippen LogP contribution is 2.46. The van der Waals surface area contributed by atoms with Crippen LogP contribution < -0.4 is 14.5 Å². The van der Waals surface area contributed by atoms with Gasteiger partial charge in [0.25, 0.3) is 0 Å². The number of aromatic nitrogens is 4. The van der Waals surface area contributed by atoms with Crippen LogP contribution in [0, 0.1) is 20.8 Å². The molecule has 4 aromatic heterocycles. The summed E-state index contributed by atoms with van der Waals surface area (Å²) in [6.45, 7) is 21.3. The lowest BCUT2D eigenvalue weighted by Crippen LogP contribution is -2.23. The molecular formula is C72H64N6O. The van der Waals surface area contributed by atoms with E-state index in [-0.39, 0.29) is 10.8 Å². The zero-order valence-corrected chi connectivity index (χ0v) is 46.8. The minimum Gasteiger partial charge on any atom is -0.457 e. The standard InChI is InChI=1S/C72H64N6O/c1-44-25-31-60-54(35-44)55-36-45(2)26-32-61(55)76(60)66-23-16-24-67(77-62-33-27-47(71(4,5)6)38-56(62)57-39-48(72(7,8)9)28-34-63(57)77)70(66)58-42-73-69(37-46(58)3)78-59-20-12-11-19-52(59)53-30-29-51(41-68(53)78)79-50-18-15-17-49(40-50)75-43-74(10)64-21-13-14-22-65(64)75/h11-42H,43H2,1-10H3. The van der Waals surface area contributed by atoms with Gasteiger partial charge in [-0.05, 0) is 157 Å². The number of rotatable bonds is 7. The van der Waals surface area contributed by atoms with E-state index in [4.69, 9.17) is 9.72 Å². The molecule has 1 aliphatic rings. The molecule has 7 nitrogen and oxygen atoms in total. The molecule has 7 heteroatoms. The van der Waals surface area contributed by atoms with Crippen molar-refractivity contribution in [1.29, 1.82) is 0 Å². The lowest BCUT2D eigenvalue weighted by atomic mass is 9.85. The van der Waals surface area contributed by atoms with Gasteiger partial charge in [-0.2, -0.15) is 0 Å². The van der Waals surface area contributed by atoms with Crippen LogP contribution >= 0.6 is 0 Å². The summed E-state index contributed by atoms with van der Waals surface area (Å²) in [5.74, 6) is 2.37. The molecule has 0 N–H and O–H groups in total. The number of ether oxygens (including phenoxy) is 1. The van der Waals surface area contributed by atoms with Gasteiger partial charge in [-0.1, -0.05) is 119 Å². The van der Waals surface area contributed by atoms with E-state index < -0.39 is 0 Å². The van der Waals surface area contributed by atoms with E-state index in [0.29, 0.717) is 0 Å². The number of anilines is 3. The number of para-hydroxylation sites is 3. The van der Waals surface area contributed by atoms with Crippen molar-refractivity contribution < 1.29 is 4.74 Å². The maximum Gasteiger partial charge on any atom is 0.137 e. The molecule has 0 saturated carbocycles. The first-order valence-electron chi connectivity index (χ1n) is 27.7. The summed E-state index contributed by atoms with van der Waals surface area (Å²) in [6.07, 6.45) is 2.12. The van der Waals surface area contributed by atoms with Crippen molar-refractivity contribution in [2.75, 3.05) is 23.5 Å². The molecule has 0 bridgehead atoms. The molecule has 0 radical (unpaired) electrons. The second kappa shape index (κ2) is 17.7. The highest BCUT2D eigenvalue weighted by atomic mass is 16.5. The maximum atomic E-state index is 6.79. The molecule has 0 unspecified atom stereocenters. The van der Waals surface area contributed by atoms with Gasteiger partial charge in [-0.25, -0.2) is 4.98 Å². The van der Waals surface area contributed by atoms with Crippen molar-refractivity contribution in [3.63, 3.8) is 0 Å². The molecule has 0 saturated heterocycles. The SMILES string of the molecule is Cc1ccc2c(c1)c1cc(C)ccc1n2-c1cccc(-n2c3ccc(C(C)(C)C)cc3c3cc(C(C)(C)C)ccc32)c1-c1cnc(-n2c3ccccc3c3ccc(Oc4cccc(N5CN(C)c6ccccc65)c4)cc32)cc1C. The predicted octanol–water partition coefficient (Wildman–Crippen LogP) is 18.9. The fraction of sp³-hybridized carbons (Fsp3) is 0.181. The Kier molecular flexibility index (Phi) is 10.8. The van der Waals surface area contributed by atoms with E-state index in [9.17, 15) is 0 Å². The zero-order chi connectivity index (χ0) is 54.2. The largest absolute Gasteiger partial charge is 0.457 e. The zero-order valence-electron chi connectivity index (χ0n) is 46.8. The normalized spacial score (nSPS) is 13.1. The first-order valence-corrected chi connectivity index (χ1v) is 27.7. The van der Waals surface area contributed by atoms with Crippen LogP contribution in [-0.2, 0) is 10.8 Å². The highest BCUT2D eigenvalue weighted by Gasteiger charge is 2.28. The van der Waals surface area contributed by atoms with Crippen LogP contribution in [0.5, 0.6) is 11.5 Å². The van der Waals surface area contributed by atoms with Gasteiger partial charge in [0.05, 0.1) is 62.5 Å². The summed E-state index contributed by atoms with van der Waals surface area (Å²) in [4.78, 5) is 10.2. The van der Waals surface area contributed by atoms with E-state index in [2.05, 4.69) is 281 Å². The third-order valence-electron chi connectivity index (χ3n) is 16.6. The van der Waals surface area contributed by atoms with E-state index in [0.717, 1.165) is 79.5 Å². The maximum absolute atomic E-state index is 6.79. The average Bonchev–Trinajstić information content (AvgIpc) is 4.16. The molecule has 0 spiro atoms. The molecule has 0 fully saturated rings. The highest BCUT2D eigenvalue weighted by molar-refractivity contribution is 6.13. The third-order valence-corrected chi connectivity index (χ3v) is 16.6. The van der Waals surface area contributed by atoms with Gasteiger partial charge < -0.3 is 23.7 Å². The fourth-order valence-electron chi connectivity index (χ4n) is 12.5. The lowest BCUT2D eigenvalue weighted by molar-refractivity contribution is 0.483. The molecule has 0 amide bonds. The first kappa shape index (κ1) is 48.3. The fourth-order valence-corrected chi connectivity index (χ4v) is 12.5. The van der Waals surface area contributed by atoms with Crippen LogP contribution in [0.2, 0.25) is 0 Å². The monoisotopic (exact) mass is 1030 g/mol. The van der Waals surface area contributed by atoms with E-state index >= 15 is 0 Å². The molecule has 388 valence electrons. The lowest BCUT2D eigenvalue weighted by Gasteiger charge is -2.22. The number of benzene rings is 9. The first-order chi connectivity index (χ1) is 38.1. The second-order valence-electron chi connectivity index (χ2n) is 24.1. The molecule has 14 rings (SSSR count). The van der Waals surface area contributed by atoms with Crippen LogP contribution in [0.3, 0.4) is 0 Å². The molecule has 79 heavy (non-hydrogen) atoms. The summed E-state index contributed by atoms with van der Waals surface area (Å²) in [6, 6.07) is 69.2. The molecule has 5 heterocycles. The van der Waals surface area contributed by atoms with Gasteiger partial charge in [0, 0.05) is 74.5 Å². The molecule has 9 aromatic carbocycles. The van der Waals surface area contributed by atoms with Gasteiger partial charge in [-0.15, -0.1) is 0 Å². The number of nitrogens with zero attached hydrogens (tertiary/aromatic N) is 6. The van der Waals surface area contributed by atoms with Gasteiger partial charge in [0.1, 0.15) is 17.3 Å². The third kappa shape index (κ3) is 7.80. The van der Waals surface area contributed by atoms with Crippen LogP contribution in [0.4, 0.5) is 17.1 Å². The van der Waals surface area contributed by atoms with Gasteiger partial charge in [0.15, 0.2) is 0 Å². The molecule has 1 aliphatic heterocycles. The van der Waals surface area contributed by atoms with Crippen molar-refractivity contribution in [3.05, 3.63) is 222 Å². The van der Waals surface area contributed by atoms with Gasteiger partial charge >= 0.3 is 0 Å². The van der Waals surface area contributed by atoms with Crippen LogP contribution in [0.1, 0.15) is 69.4 Å². The van der Waals surface area contributed by atoms with Gasteiger partial charge in [0.2, 0.25) is 0 Å². The van der Waals surface area contributed by atoms with Crippen molar-refractivity contribution in [3.8, 4) is 39.8 Å². The minimum atomic E-state index is -0.0249. The number of pyridine rings is 1. The summed E-state index contributed by atoms with van der Waals surface area (Å²) in [7, 11) is 2.14. The Balaban J connectivity index is 0.971. The summed E-state index contributed by atoms with van der Waals surface area (Å²) < 4.78 is 14.1. The van der Waals surface area contributed by atoms with E-state index in [1.807, 2.05) is 6.07 Å². The molecule has 13 aromatic rings. The van der Waals surface area contributed by atoms with Crippen LogP contribution in [0.25, 0.3) is 93.7 Å². The van der Waals surface area contributed by atoms with Crippen molar-refractivity contribution in [2.24, 2.45) is 0 Å². The summed E-state index contributed by atoms with van der Waals surface area (Å²) >= 11 is 0. The number of hydrogen-bond donors (Lipinski definition) is 0. The Hall–Kier alpha value is -9.07. The van der Waals surface area contributed by atoms with Crippen molar-refractivity contribution >= 4 is 82.5 Å². The van der Waals surface area contributed by atoms with Crippen molar-refractivity contribution in [1.82, 2.24) is 18.7 Å². The smallest absolute Gasteiger partial charge is 0.137 e. The number of hydrogen-bond acceptors (Lipinski definition) is 4. The second-order valence-corrected chi connectivity index (χ2v) is 24.1. The topological polar surface area (TPSA) is 43.4 Å². The Morgan fingerprint density at radius 3 is 1.56 bits per heavy atom. The van der Waals surface area contributed by atoms with Gasteiger partial charge in [-0.3, -0.25) is 4.57 Å². The summed E-state index contributed by atoms with van der Waals surface area (Å²) in [5, 5.41) is 7.29. The quantitative estimate of drug-likeness (QED) is 0.160. The Labute approximate surface area is 462 Å². The van der Waals surface area contributed by atoms with E-state index in [1.54, 1.807) is 0 Å². The summed E-state index contributed by atoms with van der Waals surface area (Å²) in [5.41, 5.74) is 20.8. The Morgan fingerprint density at radius 2 is 0.937 bits per heavy atom. The number of aryl methyl sites for hydroxylation is 3. The molecule has 0 atom stereocenters. The predicted molar refractivity (Wildman–Crippen MR) is 333 cm³/mol. The average molecular weight is 1030 g/mol. The minimum absolute atomic E-state index is 0.0249. The van der Waals surface area contributed by atoms with Crippen LogP contribution in [-0.4, -0.2) is 32.4 Å². The molecule has 0 aliphatic carbocycles. The Morgan fingerprint density at radius 1 is 0.418 bits per heavy atom. The van der Waals surface area contributed by atoms with Crippen molar-refractivity contribution in [2.45, 2.75) is 73.1 Å². The van der Waals surface area contributed by atoms with E-state index in [1.165, 1.54) is 77.2 Å². The number of fused-ring (bicyclic) bond motifs is 10.